The molecule has 1 aliphatic rings. The molecule has 0 unspecified atom stereocenters. The Morgan fingerprint density at radius 3 is 2.91 bits per heavy atom. The van der Waals surface area contributed by atoms with Crippen LogP contribution in [0.4, 0.5) is 0 Å². The maximum Gasteiger partial charge on any atom is 0.334 e. The van der Waals surface area contributed by atoms with Crippen LogP contribution < -0.4 is 4.74 Å². The predicted octanol–water partition coefficient (Wildman–Crippen LogP) is 1.73. The van der Waals surface area contributed by atoms with Gasteiger partial charge in [-0.05, 0) is 31.5 Å². The molecule has 1 aliphatic heterocycles. The molecule has 22 heavy (non-hydrogen) atoms. The molecule has 0 saturated carbocycles. The lowest BCUT2D eigenvalue weighted by Crippen LogP contribution is -2.51. The number of ether oxygens (including phenoxy) is 2. The Morgan fingerprint density at radius 1 is 1.50 bits per heavy atom. The zero-order valence-corrected chi connectivity index (χ0v) is 13.2. The summed E-state index contributed by atoms with van der Waals surface area (Å²) in [4.78, 5) is 24.8. The molecule has 1 aromatic rings. The summed E-state index contributed by atoms with van der Waals surface area (Å²) in [5, 5.41) is 9.39. The Balaban J connectivity index is 2.02. The number of carboxylic acid groups (broad SMARTS) is 1. The van der Waals surface area contributed by atoms with Crippen LogP contribution in [0.5, 0.6) is 5.75 Å². The van der Waals surface area contributed by atoms with E-state index in [2.05, 4.69) is 0 Å². The number of hydrogen-bond acceptors (Lipinski definition) is 4. The minimum Gasteiger partial charge on any atom is -0.479 e. The van der Waals surface area contributed by atoms with Gasteiger partial charge in [0.1, 0.15) is 5.75 Å². The zero-order chi connectivity index (χ0) is 16.3. The maximum absolute atomic E-state index is 12.4. The Hall–Kier alpha value is -1.79. The van der Waals surface area contributed by atoms with Gasteiger partial charge in [0.05, 0.1) is 18.2 Å². The summed E-state index contributed by atoms with van der Waals surface area (Å²) in [5.41, 5.74) is 0.969. The van der Waals surface area contributed by atoms with Crippen LogP contribution in [-0.2, 0) is 14.3 Å². The maximum atomic E-state index is 12.4. The number of aryl methyl sites for hydroxylation is 1. The van der Waals surface area contributed by atoms with Crippen LogP contribution in [0.15, 0.2) is 18.2 Å². The van der Waals surface area contributed by atoms with Gasteiger partial charge in [-0.25, -0.2) is 4.79 Å². The highest BCUT2D eigenvalue weighted by atomic mass is 35.5. The van der Waals surface area contributed by atoms with Crippen LogP contribution in [0.1, 0.15) is 12.5 Å². The van der Waals surface area contributed by atoms with Gasteiger partial charge in [-0.3, -0.25) is 4.79 Å². The van der Waals surface area contributed by atoms with Crippen molar-refractivity contribution in [3.63, 3.8) is 0 Å². The highest BCUT2D eigenvalue weighted by Crippen LogP contribution is 2.26. The van der Waals surface area contributed by atoms with E-state index in [1.807, 2.05) is 13.0 Å². The number of hydrogen-bond donors (Lipinski definition) is 1. The molecule has 7 heteroatoms. The third-order valence-corrected chi connectivity index (χ3v) is 3.70. The molecule has 1 N–H and O–H groups in total. The van der Waals surface area contributed by atoms with Crippen molar-refractivity contribution in [1.82, 2.24) is 4.90 Å². The Bertz CT molecular complexity index is 577. The lowest BCUT2D eigenvalue weighted by Gasteiger charge is -2.32. The average Bonchev–Trinajstić information content (AvgIpc) is 2.50. The molecule has 0 aromatic heterocycles. The van der Waals surface area contributed by atoms with E-state index in [-0.39, 0.29) is 19.1 Å². The molecular weight excluding hydrogens is 310 g/mol. The second-order valence-corrected chi connectivity index (χ2v) is 5.58. The SMILES string of the molecule is Cc1ccc(Cl)c(O[C@@H](C)C(=O)N2CCO[C@H](C(=O)O)C2)c1. The molecule has 120 valence electrons. The van der Waals surface area contributed by atoms with Gasteiger partial charge in [-0.2, -0.15) is 0 Å². The van der Waals surface area contributed by atoms with Crippen molar-refractivity contribution in [1.29, 1.82) is 0 Å². The molecule has 1 heterocycles. The first-order valence-electron chi connectivity index (χ1n) is 6.94. The predicted molar refractivity (Wildman–Crippen MR) is 80.2 cm³/mol. The topological polar surface area (TPSA) is 76.1 Å². The van der Waals surface area contributed by atoms with Gasteiger partial charge in [0.15, 0.2) is 12.2 Å². The van der Waals surface area contributed by atoms with E-state index < -0.39 is 18.2 Å². The normalized spacial score (nSPS) is 19.6. The minimum absolute atomic E-state index is 0.0173. The van der Waals surface area contributed by atoms with E-state index in [4.69, 9.17) is 26.2 Å². The number of nitrogens with zero attached hydrogens (tertiary/aromatic N) is 1. The van der Waals surface area contributed by atoms with Crippen molar-refractivity contribution in [2.75, 3.05) is 19.7 Å². The number of rotatable bonds is 4. The van der Waals surface area contributed by atoms with Crippen molar-refractivity contribution in [2.45, 2.75) is 26.1 Å². The number of morpholine rings is 1. The molecule has 6 nitrogen and oxygen atoms in total. The number of halogens is 1. The smallest absolute Gasteiger partial charge is 0.334 e. The summed E-state index contributed by atoms with van der Waals surface area (Å²) in [6.45, 7) is 4.07. The van der Waals surface area contributed by atoms with Gasteiger partial charge in [0.2, 0.25) is 0 Å². The zero-order valence-electron chi connectivity index (χ0n) is 12.4. The van der Waals surface area contributed by atoms with E-state index in [1.54, 1.807) is 19.1 Å². The third kappa shape index (κ3) is 3.90. The third-order valence-electron chi connectivity index (χ3n) is 3.39. The number of amides is 1. The number of carbonyl (C=O) groups is 2. The second-order valence-electron chi connectivity index (χ2n) is 5.18. The molecule has 0 spiro atoms. The molecule has 1 aromatic carbocycles. The first-order chi connectivity index (χ1) is 10.4. The Labute approximate surface area is 133 Å². The van der Waals surface area contributed by atoms with Crippen LogP contribution in [0.2, 0.25) is 5.02 Å². The second kappa shape index (κ2) is 6.98. The summed E-state index contributed by atoms with van der Waals surface area (Å²) >= 11 is 6.05. The molecule has 0 aliphatic carbocycles. The molecule has 1 fully saturated rings. The number of aliphatic carboxylic acids is 1. The van der Waals surface area contributed by atoms with Crippen molar-refractivity contribution in [3.8, 4) is 5.75 Å². The largest absolute Gasteiger partial charge is 0.479 e. The van der Waals surface area contributed by atoms with Crippen LogP contribution in [-0.4, -0.2) is 53.8 Å². The van der Waals surface area contributed by atoms with Crippen molar-refractivity contribution in [3.05, 3.63) is 28.8 Å². The average molecular weight is 328 g/mol. The number of carbonyl (C=O) groups excluding carboxylic acids is 1. The fourth-order valence-electron chi connectivity index (χ4n) is 2.20. The number of benzene rings is 1. The van der Waals surface area contributed by atoms with Gasteiger partial charge in [-0.1, -0.05) is 17.7 Å². The fourth-order valence-corrected chi connectivity index (χ4v) is 2.36. The summed E-state index contributed by atoms with van der Waals surface area (Å²) in [7, 11) is 0. The summed E-state index contributed by atoms with van der Waals surface area (Å²) in [6, 6.07) is 5.31. The van der Waals surface area contributed by atoms with Crippen LogP contribution >= 0.6 is 11.6 Å². The molecule has 0 bridgehead atoms. The van der Waals surface area contributed by atoms with Crippen molar-refractivity contribution >= 4 is 23.5 Å². The van der Waals surface area contributed by atoms with Gasteiger partial charge in [0, 0.05) is 6.54 Å². The highest BCUT2D eigenvalue weighted by Gasteiger charge is 2.31. The standard InChI is InChI=1S/C15H18ClNO5/c1-9-3-4-11(16)12(7-9)22-10(2)14(18)17-5-6-21-13(8-17)15(19)20/h3-4,7,10,13H,5-6,8H2,1-2H3,(H,19,20)/t10-,13-/m0/s1. The quantitative estimate of drug-likeness (QED) is 0.911. The van der Waals surface area contributed by atoms with Crippen LogP contribution in [0, 0.1) is 6.92 Å². The molecule has 0 radical (unpaired) electrons. The minimum atomic E-state index is -1.08. The Morgan fingerprint density at radius 2 is 2.23 bits per heavy atom. The van der Waals surface area contributed by atoms with E-state index in [0.29, 0.717) is 17.3 Å². The van der Waals surface area contributed by atoms with Gasteiger partial charge >= 0.3 is 5.97 Å². The lowest BCUT2D eigenvalue weighted by atomic mass is 10.2. The molecule has 2 atom stereocenters. The van der Waals surface area contributed by atoms with Crippen molar-refractivity contribution < 1.29 is 24.2 Å². The molecule has 1 amide bonds. The van der Waals surface area contributed by atoms with Gasteiger partial charge in [-0.15, -0.1) is 0 Å². The molecule has 2 rings (SSSR count). The summed E-state index contributed by atoms with van der Waals surface area (Å²) < 4.78 is 10.7. The fraction of sp³-hybridized carbons (Fsp3) is 0.467. The van der Waals surface area contributed by atoms with E-state index in [9.17, 15) is 9.59 Å². The van der Waals surface area contributed by atoms with Crippen LogP contribution in [0.3, 0.4) is 0 Å². The molecule has 1 saturated heterocycles. The van der Waals surface area contributed by atoms with E-state index in [0.717, 1.165) is 5.56 Å². The number of carboxylic acids is 1. The lowest BCUT2D eigenvalue weighted by molar-refractivity contribution is -0.161. The summed E-state index contributed by atoms with van der Waals surface area (Å²) in [5.74, 6) is -0.925. The monoisotopic (exact) mass is 327 g/mol. The van der Waals surface area contributed by atoms with Crippen LogP contribution in [0.25, 0.3) is 0 Å². The van der Waals surface area contributed by atoms with E-state index in [1.165, 1.54) is 4.90 Å². The first kappa shape index (κ1) is 16.6. The Kier molecular flexibility index (Phi) is 5.26. The van der Waals surface area contributed by atoms with Gasteiger partial charge < -0.3 is 19.5 Å². The van der Waals surface area contributed by atoms with Crippen molar-refractivity contribution in [2.24, 2.45) is 0 Å². The van der Waals surface area contributed by atoms with Gasteiger partial charge in [0.25, 0.3) is 5.91 Å². The molecular formula is C15H18ClNO5. The first-order valence-corrected chi connectivity index (χ1v) is 7.32. The highest BCUT2D eigenvalue weighted by molar-refractivity contribution is 6.32. The van der Waals surface area contributed by atoms with E-state index >= 15 is 0 Å². The summed E-state index contributed by atoms with van der Waals surface area (Å²) in [6.07, 6.45) is -1.75.